The first-order valence-corrected chi connectivity index (χ1v) is 7.29. The number of amides is 1. The van der Waals surface area contributed by atoms with Crippen LogP contribution in [-0.4, -0.2) is 16.6 Å². The second-order valence-electron chi connectivity index (χ2n) is 3.82. The van der Waals surface area contributed by atoms with E-state index < -0.39 is 0 Å². The van der Waals surface area contributed by atoms with E-state index in [2.05, 4.69) is 11.4 Å². The van der Waals surface area contributed by atoms with Gasteiger partial charge in [0.1, 0.15) is 11.1 Å². The maximum atomic E-state index is 11.9. The Labute approximate surface area is 107 Å². The molecule has 2 aromatic rings. The number of carbonyl (C=O) groups is 1. The summed E-state index contributed by atoms with van der Waals surface area (Å²) in [6, 6.07) is 5.83. The third-order valence-corrected chi connectivity index (χ3v) is 4.66. The molecule has 0 aliphatic carbocycles. The van der Waals surface area contributed by atoms with Gasteiger partial charge >= 0.3 is 0 Å². The summed E-state index contributed by atoms with van der Waals surface area (Å²) in [5.41, 5.74) is 1.21. The highest BCUT2D eigenvalue weighted by molar-refractivity contribution is 8.00. The molecule has 0 aromatic carbocycles. The fraction of sp³-hybridized carbons (Fsp3) is 0.250. The lowest BCUT2D eigenvalue weighted by Gasteiger charge is -2.22. The highest BCUT2D eigenvalue weighted by atomic mass is 32.2. The van der Waals surface area contributed by atoms with Crippen molar-refractivity contribution < 1.29 is 9.21 Å². The van der Waals surface area contributed by atoms with Gasteiger partial charge in [-0.2, -0.15) is 11.3 Å². The van der Waals surface area contributed by atoms with E-state index in [1.54, 1.807) is 29.4 Å². The Bertz CT molecular complexity index is 493. The van der Waals surface area contributed by atoms with E-state index >= 15 is 0 Å². The molecule has 1 saturated heterocycles. The second-order valence-corrected chi connectivity index (χ2v) is 5.67. The molecule has 1 unspecified atom stereocenters. The molecule has 0 saturated carbocycles. The molecule has 0 bridgehead atoms. The Kier molecular flexibility index (Phi) is 2.94. The average Bonchev–Trinajstić information content (AvgIpc) is 3.03. The van der Waals surface area contributed by atoms with Crippen molar-refractivity contribution in [1.29, 1.82) is 0 Å². The third-order valence-electron chi connectivity index (χ3n) is 2.70. The molecule has 5 heteroatoms. The van der Waals surface area contributed by atoms with Crippen LogP contribution in [0.3, 0.4) is 0 Å². The van der Waals surface area contributed by atoms with Crippen molar-refractivity contribution in [3.8, 4) is 0 Å². The van der Waals surface area contributed by atoms with Gasteiger partial charge in [-0.05, 0) is 34.5 Å². The first kappa shape index (κ1) is 10.9. The Morgan fingerprint density at radius 2 is 2.41 bits per heavy atom. The van der Waals surface area contributed by atoms with Gasteiger partial charge in [0.05, 0.1) is 18.6 Å². The molecule has 1 amide bonds. The summed E-state index contributed by atoms with van der Waals surface area (Å²) < 4.78 is 5.31. The molecule has 2 aromatic heterocycles. The summed E-state index contributed by atoms with van der Waals surface area (Å²) in [6.07, 6.45) is 1.64. The van der Waals surface area contributed by atoms with E-state index in [4.69, 9.17) is 4.42 Å². The number of hydrogen-bond donors (Lipinski definition) is 0. The molecule has 1 fully saturated rings. The van der Waals surface area contributed by atoms with E-state index in [9.17, 15) is 4.79 Å². The highest BCUT2D eigenvalue weighted by Gasteiger charge is 2.33. The fourth-order valence-electron chi connectivity index (χ4n) is 1.89. The van der Waals surface area contributed by atoms with E-state index in [1.807, 2.05) is 22.4 Å². The van der Waals surface area contributed by atoms with Crippen LogP contribution in [-0.2, 0) is 11.3 Å². The number of hydrogen-bond acceptors (Lipinski definition) is 4. The summed E-state index contributed by atoms with van der Waals surface area (Å²) in [4.78, 5) is 13.8. The van der Waals surface area contributed by atoms with Gasteiger partial charge in [0.15, 0.2) is 0 Å². The predicted molar refractivity (Wildman–Crippen MR) is 68.8 cm³/mol. The minimum absolute atomic E-state index is 0.138. The van der Waals surface area contributed by atoms with Gasteiger partial charge in [-0.15, -0.1) is 11.8 Å². The molecule has 3 heterocycles. The minimum atomic E-state index is 0.138. The molecule has 1 aliphatic heterocycles. The van der Waals surface area contributed by atoms with Crippen molar-refractivity contribution in [2.75, 3.05) is 5.75 Å². The van der Waals surface area contributed by atoms with Crippen LogP contribution < -0.4 is 0 Å². The summed E-state index contributed by atoms with van der Waals surface area (Å²) in [5, 5.41) is 4.29. The first-order valence-electron chi connectivity index (χ1n) is 5.30. The zero-order chi connectivity index (χ0) is 11.7. The minimum Gasteiger partial charge on any atom is -0.467 e. The number of thioether (sulfide) groups is 1. The van der Waals surface area contributed by atoms with Crippen LogP contribution in [0.15, 0.2) is 39.6 Å². The monoisotopic (exact) mass is 265 g/mol. The van der Waals surface area contributed by atoms with Gasteiger partial charge in [0, 0.05) is 0 Å². The largest absolute Gasteiger partial charge is 0.467 e. The SMILES string of the molecule is O=C1CSC(c2ccsc2)N1Cc1ccco1. The lowest BCUT2D eigenvalue weighted by molar-refractivity contribution is -0.128. The summed E-state index contributed by atoms with van der Waals surface area (Å²) in [7, 11) is 0. The van der Waals surface area contributed by atoms with E-state index in [0.717, 1.165) is 5.76 Å². The Hall–Kier alpha value is -1.20. The van der Waals surface area contributed by atoms with Crippen molar-refractivity contribution in [1.82, 2.24) is 4.90 Å². The molecule has 0 N–H and O–H groups in total. The molecule has 0 radical (unpaired) electrons. The van der Waals surface area contributed by atoms with Crippen molar-refractivity contribution in [3.63, 3.8) is 0 Å². The van der Waals surface area contributed by atoms with Crippen LogP contribution in [0.1, 0.15) is 16.7 Å². The predicted octanol–water partition coefficient (Wildman–Crippen LogP) is 3.12. The Morgan fingerprint density at radius 1 is 1.47 bits per heavy atom. The van der Waals surface area contributed by atoms with Crippen molar-refractivity contribution >= 4 is 29.0 Å². The molecular formula is C12H11NO2S2. The van der Waals surface area contributed by atoms with Gasteiger partial charge in [-0.1, -0.05) is 0 Å². The molecular weight excluding hydrogens is 254 g/mol. The van der Waals surface area contributed by atoms with Crippen LogP contribution in [0, 0.1) is 0 Å². The van der Waals surface area contributed by atoms with Crippen LogP contribution in [0.25, 0.3) is 0 Å². The van der Waals surface area contributed by atoms with Crippen LogP contribution in [0.4, 0.5) is 0 Å². The van der Waals surface area contributed by atoms with Gasteiger partial charge < -0.3 is 9.32 Å². The van der Waals surface area contributed by atoms with Crippen LogP contribution in [0.5, 0.6) is 0 Å². The maximum Gasteiger partial charge on any atom is 0.234 e. The summed E-state index contributed by atoms with van der Waals surface area (Å²) in [5.74, 6) is 1.57. The highest BCUT2D eigenvalue weighted by Crippen LogP contribution is 2.40. The van der Waals surface area contributed by atoms with E-state index in [-0.39, 0.29) is 11.3 Å². The number of rotatable bonds is 3. The van der Waals surface area contributed by atoms with Gasteiger partial charge in [0.2, 0.25) is 5.91 Å². The van der Waals surface area contributed by atoms with E-state index in [0.29, 0.717) is 12.3 Å². The molecule has 1 atom stereocenters. The van der Waals surface area contributed by atoms with E-state index in [1.165, 1.54) is 5.56 Å². The number of thiophene rings is 1. The van der Waals surface area contributed by atoms with Gasteiger partial charge in [-0.3, -0.25) is 4.79 Å². The van der Waals surface area contributed by atoms with Crippen molar-refractivity contribution in [3.05, 3.63) is 46.5 Å². The normalized spacial score (nSPS) is 20.1. The smallest absolute Gasteiger partial charge is 0.234 e. The fourth-order valence-corrected chi connectivity index (χ4v) is 3.83. The quantitative estimate of drug-likeness (QED) is 0.855. The molecule has 3 nitrogen and oxygen atoms in total. The molecule has 1 aliphatic rings. The van der Waals surface area contributed by atoms with Gasteiger partial charge in [-0.25, -0.2) is 0 Å². The molecule has 88 valence electrons. The Balaban J connectivity index is 1.82. The zero-order valence-corrected chi connectivity index (χ0v) is 10.7. The standard InChI is InChI=1S/C12H11NO2S2/c14-11-8-17-12(9-3-5-16-7-9)13(11)6-10-2-1-4-15-10/h1-5,7,12H,6,8H2. The number of furan rings is 1. The summed E-state index contributed by atoms with van der Waals surface area (Å²) >= 11 is 3.34. The van der Waals surface area contributed by atoms with Crippen molar-refractivity contribution in [2.45, 2.75) is 11.9 Å². The first-order chi connectivity index (χ1) is 8.34. The van der Waals surface area contributed by atoms with Crippen LogP contribution in [0.2, 0.25) is 0 Å². The van der Waals surface area contributed by atoms with Crippen molar-refractivity contribution in [2.24, 2.45) is 0 Å². The molecule has 0 spiro atoms. The van der Waals surface area contributed by atoms with Crippen LogP contribution >= 0.6 is 23.1 Å². The average molecular weight is 265 g/mol. The summed E-state index contributed by atoms with van der Waals surface area (Å²) in [6.45, 7) is 0.555. The lowest BCUT2D eigenvalue weighted by Crippen LogP contribution is -2.27. The topological polar surface area (TPSA) is 33.5 Å². The third kappa shape index (κ3) is 2.12. The maximum absolute atomic E-state index is 11.9. The second kappa shape index (κ2) is 4.58. The van der Waals surface area contributed by atoms with Gasteiger partial charge in [0.25, 0.3) is 0 Å². The lowest BCUT2D eigenvalue weighted by atomic mass is 10.3. The number of carbonyl (C=O) groups excluding carboxylic acids is 1. The molecule has 17 heavy (non-hydrogen) atoms. The molecule has 3 rings (SSSR count). The Morgan fingerprint density at radius 3 is 3.12 bits per heavy atom. The number of nitrogens with zero attached hydrogens (tertiary/aromatic N) is 1. The zero-order valence-electron chi connectivity index (χ0n) is 9.04.